The summed E-state index contributed by atoms with van der Waals surface area (Å²) >= 11 is 0. The van der Waals surface area contributed by atoms with Crippen molar-refractivity contribution in [1.82, 2.24) is 10.2 Å². The molecule has 0 aliphatic rings. The zero-order chi connectivity index (χ0) is 17.4. The third-order valence-electron chi connectivity index (χ3n) is 4.80. The van der Waals surface area contributed by atoms with E-state index in [1.54, 1.807) is 0 Å². The lowest BCUT2D eigenvalue weighted by Crippen LogP contribution is -2.43. The molecule has 0 saturated heterocycles. The maximum absolute atomic E-state index is 6.41. The zero-order valence-corrected chi connectivity index (χ0v) is 16.0. The van der Waals surface area contributed by atoms with E-state index in [0.29, 0.717) is 0 Å². The highest BCUT2D eigenvalue weighted by Crippen LogP contribution is 2.38. The highest BCUT2D eigenvalue weighted by molar-refractivity contribution is 6.74. The van der Waals surface area contributed by atoms with Crippen LogP contribution < -0.4 is 4.43 Å². The van der Waals surface area contributed by atoms with Crippen LogP contribution in [0.25, 0.3) is 22.2 Å². The number of rotatable bonds is 3. The molecule has 0 atom stereocenters. The molecule has 3 aromatic rings. The Labute approximate surface area is 144 Å². The summed E-state index contributed by atoms with van der Waals surface area (Å²) in [6, 6.07) is 18.3. The summed E-state index contributed by atoms with van der Waals surface area (Å²) in [5, 5.41) is 9.96. The number of hydrogen-bond acceptors (Lipinski definition) is 3. The summed E-state index contributed by atoms with van der Waals surface area (Å²) in [7, 11) is -1.85. The Morgan fingerprint density at radius 3 is 2.38 bits per heavy atom. The standard InChI is InChI=1S/C20H24N2OSi/c1-20(2,3)24(4,5)23-17-11-8-10-15(13-17)19-14-16-9-6-7-12-18(16)21-22-19/h6-14H,1-5H3. The molecule has 4 heteroatoms. The minimum atomic E-state index is -1.85. The van der Waals surface area contributed by atoms with Crippen LogP contribution in [-0.4, -0.2) is 18.5 Å². The topological polar surface area (TPSA) is 35.0 Å². The van der Waals surface area contributed by atoms with Gasteiger partial charge < -0.3 is 4.43 Å². The summed E-state index contributed by atoms with van der Waals surface area (Å²) in [5.74, 6) is 0.911. The SMILES string of the molecule is CC(C)(C)[Si](C)(C)Oc1cccc(-c2cc3ccccc3nn2)c1. The van der Waals surface area contributed by atoms with Gasteiger partial charge in [0, 0.05) is 10.9 Å². The first-order valence-electron chi connectivity index (χ1n) is 8.28. The molecule has 0 saturated carbocycles. The van der Waals surface area contributed by atoms with Crippen LogP contribution in [0.3, 0.4) is 0 Å². The van der Waals surface area contributed by atoms with Gasteiger partial charge >= 0.3 is 0 Å². The molecule has 3 rings (SSSR count). The first kappa shape index (κ1) is 16.6. The first-order valence-corrected chi connectivity index (χ1v) is 11.2. The van der Waals surface area contributed by atoms with Gasteiger partial charge in [-0.2, -0.15) is 0 Å². The van der Waals surface area contributed by atoms with Crippen molar-refractivity contribution in [2.24, 2.45) is 0 Å². The van der Waals surface area contributed by atoms with Gasteiger partial charge in [0.15, 0.2) is 0 Å². The summed E-state index contributed by atoms with van der Waals surface area (Å²) in [6.45, 7) is 11.3. The van der Waals surface area contributed by atoms with Gasteiger partial charge in [0.1, 0.15) is 5.75 Å². The second-order valence-corrected chi connectivity index (χ2v) is 12.4. The van der Waals surface area contributed by atoms with Gasteiger partial charge in [-0.05, 0) is 42.4 Å². The number of benzene rings is 2. The quantitative estimate of drug-likeness (QED) is 0.577. The molecule has 3 nitrogen and oxygen atoms in total. The molecule has 2 aromatic carbocycles. The van der Waals surface area contributed by atoms with Crippen molar-refractivity contribution in [3.63, 3.8) is 0 Å². The number of fused-ring (bicyclic) bond motifs is 1. The number of hydrogen-bond donors (Lipinski definition) is 0. The van der Waals surface area contributed by atoms with E-state index in [2.05, 4.69) is 68.3 Å². The monoisotopic (exact) mass is 336 g/mol. The molecular formula is C20H24N2OSi. The van der Waals surface area contributed by atoms with Crippen LogP contribution in [0.15, 0.2) is 54.6 Å². The highest BCUT2D eigenvalue weighted by Gasteiger charge is 2.38. The van der Waals surface area contributed by atoms with Crippen LogP contribution in [0.1, 0.15) is 20.8 Å². The van der Waals surface area contributed by atoms with Gasteiger partial charge in [-0.3, -0.25) is 0 Å². The van der Waals surface area contributed by atoms with Gasteiger partial charge in [-0.1, -0.05) is 51.1 Å². The van der Waals surface area contributed by atoms with Gasteiger partial charge in [0.05, 0.1) is 11.2 Å². The molecule has 1 heterocycles. The average molecular weight is 337 g/mol. The smallest absolute Gasteiger partial charge is 0.250 e. The fourth-order valence-corrected chi connectivity index (χ4v) is 3.31. The van der Waals surface area contributed by atoms with Crippen LogP contribution in [0, 0.1) is 0 Å². The summed E-state index contributed by atoms with van der Waals surface area (Å²) in [6.07, 6.45) is 0. The molecule has 1 aromatic heterocycles. The molecular weight excluding hydrogens is 312 g/mol. The molecule has 0 unspecified atom stereocenters. The Hall–Kier alpha value is -2.20. The van der Waals surface area contributed by atoms with E-state index in [1.165, 1.54) is 0 Å². The fourth-order valence-electron chi connectivity index (χ4n) is 2.29. The van der Waals surface area contributed by atoms with Gasteiger partial charge in [0.25, 0.3) is 0 Å². The lowest BCUT2D eigenvalue weighted by atomic mass is 10.1. The predicted molar refractivity (Wildman–Crippen MR) is 103 cm³/mol. The van der Waals surface area contributed by atoms with Crippen molar-refractivity contribution in [3.8, 4) is 17.0 Å². The van der Waals surface area contributed by atoms with Crippen molar-refractivity contribution >= 4 is 19.2 Å². The third-order valence-corrected chi connectivity index (χ3v) is 9.16. The van der Waals surface area contributed by atoms with Crippen molar-refractivity contribution in [1.29, 1.82) is 0 Å². The Balaban J connectivity index is 1.95. The molecule has 24 heavy (non-hydrogen) atoms. The summed E-state index contributed by atoms with van der Waals surface area (Å²) < 4.78 is 6.41. The van der Waals surface area contributed by atoms with Crippen LogP contribution in [0.4, 0.5) is 0 Å². The van der Waals surface area contributed by atoms with E-state index >= 15 is 0 Å². The van der Waals surface area contributed by atoms with Crippen molar-refractivity contribution in [2.75, 3.05) is 0 Å². The van der Waals surface area contributed by atoms with Gasteiger partial charge in [0.2, 0.25) is 8.32 Å². The summed E-state index contributed by atoms with van der Waals surface area (Å²) in [4.78, 5) is 0. The fraction of sp³-hybridized carbons (Fsp3) is 0.300. The Morgan fingerprint density at radius 2 is 1.62 bits per heavy atom. The third kappa shape index (κ3) is 3.34. The Morgan fingerprint density at radius 1 is 0.875 bits per heavy atom. The lowest BCUT2D eigenvalue weighted by Gasteiger charge is -2.36. The zero-order valence-electron chi connectivity index (χ0n) is 15.0. The molecule has 0 spiro atoms. The highest BCUT2D eigenvalue weighted by atomic mass is 28.4. The maximum atomic E-state index is 6.41. The molecule has 124 valence electrons. The van der Waals surface area contributed by atoms with Gasteiger partial charge in [-0.15, -0.1) is 10.2 Å². The van der Waals surface area contributed by atoms with Crippen molar-refractivity contribution < 1.29 is 4.43 Å². The first-order chi connectivity index (χ1) is 11.3. The van der Waals surface area contributed by atoms with Crippen LogP contribution in [-0.2, 0) is 0 Å². The van der Waals surface area contributed by atoms with E-state index in [1.807, 2.05) is 30.3 Å². The van der Waals surface area contributed by atoms with E-state index < -0.39 is 8.32 Å². The molecule has 0 aliphatic carbocycles. The normalized spacial score (nSPS) is 12.4. The van der Waals surface area contributed by atoms with E-state index in [-0.39, 0.29) is 5.04 Å². The van der Waals surface area contributed by atoms with E-state index in [9.17, 15) is 0 Å². The van der Waals surface area contributed by atoms with E-state index in [4.69, 9.17) is 4.43 Å². The number of aromatic nitrogens is 2. The average Bonchev–Trinajstić information content (AvgIpc) is 2.53. The predicted octanol–water partition coefficient (Wildman–Crippen LogP) is 5.68. The van der Waals surface area contributed by atoms with Crippen LogP contribution >= 0.6 is 0 Å². The Bertz CT molecular complexity index is 869. The molecule has 0 aliphatic heterocycles. The maximum Gasteiger partial charge on any atom is 0.250 e. The molecule has 0 bridgehead atoms. The molecule has 0 fully saturated rings. The van der Waals surface area contributed by atoms with Crippen molar-refractivity contribution in [2.45, 2.75) is 38.9 Å². The largest absolute Gasteiger partial charge is 0.543 e. The van der Waals surface area contributed by atoms with Crippen LogP contribution in [0.2, 0.25) is 18.1 Å². The summed E-state index contributed by atoms with van der Waals surface area (Å²) in [5.41, 5.74) is 2.81. The van der Waals surface area contributed by atoms with Crippen LogP contribution in [0.5, 0.6) is 5.75 Å². The molecule has 0 N–H and O–H groups in total. The second-order valence-electron chi connectivity index (χ2n) is 7.68. The molecule has 0 radical (unpaired) electrons. The van der Waals surface area contributed by atoms with E-state index in [0.717, 1.165) is 27.9 Å². The second kappa shape index (κ2) is 6.02. The minimum Gasteiger partial charge on any atom is -0.543 e. The lowest BCUT2D eigenvalue weighted by molar-refractivity contribution is 0.492. The minimum absolute atomic E-state index is 0.172. The van der Waals surface area contributed by atoms with Gasteiger partial charge in [-0.25, -0.2) is 0 Å². The molecule has 0 amide bonds. The Kier molecular flexibility index (Phi) is 4.18. The van der Waals surface area contributed by atoms with Crippen molar-refractivity contribution in [3.05, 3.63) is 54.6 Å². The number of nitrogens with zero attached hydrogens (tertiary/aromatic N) is 2.